The average Bonchev–Trinajstić information content (AvgIpc) is 3.15. The quantitative estimate of drug-likeness (QED) is 0.476. The molecular formula is C21H13ClN4OS. The number of amides is 1. The van der Waals surface area contributed by atoms with Crippen LogP contribution in [0, 0.1) is 11.3 Å². The van der Waals surface area contributed by atoms with E-state index in [-0.39, 0.29) is 5.91 Å². The zero-order valence-electron chi connectivity index (χ0n) is 14.5. The highest BCUT2D eigenvalue weighted by Crippen LogP contribution is 2.32. The van der Waals surface area contributed by atoms with Crippen molar-refractivity contribution in [2.24, 2.45) is 0 Å². The predicted molar refractivity (Wildman–Crippen MR) is 111 cm³/mol. The number of carbonyl (C=O) groups excluding carboxylic acids is 1. The van der Waals surface area contributed by atoms with Crippen molar-refractivity contribution in [2.75, 3.05) is 4.90 Å². The van der Waals surface area contributed by atoms with Gasteiger partial charge in [-0.1, -0.05) is 29.0 Å². The van der Waals surface area contributed by atoms with E-state index in [4.69, 9.17) is 16.9 Å². The number of nitrogens with zero attached hydrogens (tertiary/aromatic N) is 4. The van der Waals surface area contributed by atoms with Gasteiger partial charge in [-0.15, -0.1) is 0 Å². The molecule has 5 nitrogen and oxygen atoms in total. The lowest BCUT2D eigenvalue weighted by molar-refractivity contribution is 0.0985. The predicted octanol–water partition coefficient (Wildman–Crippen LogP) is 5.06. The third-order valence-electron chi connectivity index (χ3n) is 4.14. The monoisotopic (exact) mass is 404 g/mol. The van der Waals surface area contributed by atoms with Gasteiger partial charge in [0, 0.05) is 23.0 Å². The molecule has 0 unspecified atom stereocenters. The second-order valence-electron chi connectivity index (χ2n) is 6.05. The maximum Gasteiger partial charge on any atom is 0.260 e. The van der Waals surface area contributed by atoms with E-state index >= 15 is 0 Å². The summed E-state index contributed by atoms with van der Waals surface area (Å²) in [6.45, 7) is 0.334. The molecule has 2 aromatic heterocycles. The lowest BCUT2D eigenvalue weighted by atomic mass is 10.1. The number of carbonyl (C=O) groups is 1. The first-order valence-corrected chi connectivity index (χ1v) is 9.60. The molecule has 0 saturated heterocycles. The summed E-state index contributed by atoms with van der Waals surface area (Å²) in [4.78, 5) is 23.6. The summed E-state index contributed by atoms with van der Waals surface area (Å²) in [6, 6.07) is 17.8. The Morgan fingerprint density at radius 2 is 2.00 bits per heavy atom. The summed E-state index contributed by atoms with van der Waals surface area (Å²) in [7, 11) is 0. The first kappa shape index (κ1) is 18.1. The lowest BCUT2D eigenvalue weighted by Gasteiger charge is -2.20. The minimum absolute atomic E-state index is 0.196. The Labute approximate surface area is 170 Å². The number of hydrogen-bond acceptors (Lipinski definition) is 5. The van der Waals surface area contributed by atoms with Crippen LogP contribution in [0.2, 0.25) is 5.02 Å². The topological polar surface area (TPSA) is 69.9 Å². The van der Waals surface area contributed by atoms with Crippen molar-refractivity contribution in [1.82, 2.24) is 9.97 Å². The van der Waals surface area contributed by atoms with Gasteiger partial charge in [0.1, 0.15) is 0 Å². The molecule has 0 aliphatic rings. The van der Waals surface area contributed by atoms with E-state index in [1.54, 1.807) is 47.6 Å². The van der Waals surface area contributed by atoms with Crippen LogP contribution in [0.25, 0.3) is 10.2 Å². The van der Waals surface area contributed by atoms with Crippen LogP contribution in [-0.2, 0) is 6.54 Å². The number of thiazole rings is 1. The average molecular weight is 405 g/mol. The Morgan fingerprint density at radius 3 is 2.71 bits per heavy atom. The Balaban J connectivity index is 1.75. The zero-order valence-corrected chi connectivity index (χ0v) is 16.1. The molecule has 2 aromatic carbocycles. The van der Waals surface area contributed by atoms with E-state index in [9.17, 15) is 4.79 Å². The van der Waals surface area contributed by atoms with Gasteiger partial charge in [-0.05, 0) is 54.1 Å². The van der Waals surface area contributed by atoms with Gasteiger partial charge in [-0.3, -0.25) is 14.7 Å². The molecule has 136 valence electrons. The first-order chi connectivity index (χ1) is 13.6. The van der Waals surface area contributed by atoms with Gasteiger partial charge >= 0.3 is 0 Å². The Morgan fingerprint density at radius 1 is 1.18 bits per heavy atom. The largest absolute Gasteiger partial charge is 0.279 e. The number of nitriles is 1. The molecule has 28 heavy (non-hydrogen) atoms. The summed E-state index contributed by atoms with van der Waals surface area (Å²) < 4.78 is 0.909. The molecule has 0 N–H and O–H groups in total. The Bertz CT molecular complexity index is 1180. The van der Waals surface area contributed by atoms with E-state index < -0.39 is 0 Å². The number of pyridine rings is 1. The van der Waals surface area contributed by atoms with E-state index in [1.165, 1.54) is 11.3 Å². The van der Waals surface area contributed by atoms with Gasteiger partial charge in [0.15, 0.2) is 5.13 Å². The van der Waals surface area contributed by atoms with Gasteiger partial charge < -0.3 is 0 Å². The summed E-state index contributed by atoms with van der Waals surface area (Å²) >= 11 is 7.49. The van der Waals surface area contributed by atoms with E-state index in [2.05, 4.69) is 16.0 Å². The van der Waals surface area contributed by atoms with E-state index in [0.29, 0.717) is 27.8 Å². The third-order valence-corrected chi connectivity index (χ3v) is 5.42. The maximum absolute atomic E-state index is 13.3. The maximum atomic E-state index is 13.3. The van der Waals surface area contributed by atoms with Crippen LogP contribution in [0.15, 0.2) is 67.0 Å². The molecule has 0 atom stereocenters. The molecular weight excluding hydrogens is 392 g/mol. The Kier molecular flexibility index (Phi) is 5.02. The van der Waals surface area contributed by atoms with Crippen molar-refractivity contribution in [3.05, 3.63) is 88.7 Å². The van der Waals surface area contributed by atoms with Crippen LogP contribution in [0.5, 0.6) is 0 Å². The second kappa shape index (κ2) is 7.77. The van der Waals surface area contributed by atoms with Gasteiger partial charge in [0.05, 0.1) is 28.4 Å². The fraction of sp³-hybridized carbons (Fsp3) is 0.0476. The second-order valence-corrected chi connectivity index (χ2v) is 7.50. The van der Waals surface area contributed by atoms with Crippen molar-refractivity contribution in [1.29, 1.82) is 5.26 Å². The molecule has 4 rings (SSSR count). The molecule has 0 aliphatic carbocycles. The summed E-state index contributed by atoms with van der Waals surface area (Å²) in [6.07, 6.45) is 3.42. The molecule has 4 aromatic rings. The van der Waals surface area contributed by atoms with Crippen molar-refractivity contribution < 1.29 is 4.79 Å². The van der Waals surface area contributed by atoms with Crippen molar-refractivity contribution in [3.8, 4) is 6.07 Å². The van der Waals surface area contributed by atoms with Crippen molar-refractivity contribution in [3.63, 3.8) is 0 Å². The minimum atomic E-state index is -0.196. The van der Waals surface area contributed by atoms with Crippen LogP contribution >= 0.6 is 22.9 Å². The number of halogens is 1. The summed E-state index contributed by atoms with van der Waals surface area (Å²) in [5.74, 6) is -0.196. The van der Waals surface area contributed by atoms with Gasteiger partial charge in [-0.2, -0.15) is 5.26 Å². The fourth-order valence-corrected chi connectivity index (χ4v) is 3.98. The molecule has 2 heterocycles. The smallest absolute Gasteiger partial charge is 0.260 e. The molecule has 0 saturated carbocycles. The molecule has 0 radical (unpaired) electrons. The molecule has 0 bridgehead atoms. The fourth-order valence-electron chi connectivity index (χ4n) is 2.75. The minimum Gasteiger partial charge on any atom is -0.279 e. The molecule has 1 amide bonds. The van der Waals surface area contributed by atoms with Gasteiger partial charge in [0.2, 0.25) is 0 Å². The van der Waals surface area contributed by atoms with Crippen molar-refractivity contribution in [2.45, 2.75) is 6.54 Å². The highest BCUT2D eigenvalue weighted by Gasteiger charge is 2.22. The summed E-state index contributed by atoms with van der Waals surface area (Å²) in [5.41, 5.74) is 2.67. The number of fused-ring (bicyclic) bond motifs is 1. The molecule has 0 spiro atoms. The normalized spacial score (nSPS) is 10.6. The number of anilines is 1. The van der Waals surface area contributed by atoms with Crippen LogP contribution in [-0.4, -0.2) is 15.9 Å². The summed E-state index contributed by atoms with van der Waals surface area (Å²) in [5, 5.41) is 10.2. The number of hydrogen-bond donors (Lipinski definition) is 0. The highest BCUT2D eigenvalue weighted by molar-refractivity contribution is 7.22. The first-order valence-electron chi connectivity index (χ1n) is 8.41. The zero-order chi connectivity index (χ0) is 19.5. The van der Waals surface area contributed by atoms with E-state index in [1.807, 2.05) is 24.3 Å². The molecule has 7 heteroatoms. The van der Waals surface area contributed by atoms with Gasteiger partial charge in [0.25, 0.3) is 5.91 Å². The van der Waals surface area contributed by atoms with Crippen LogP contribution < -0.4 is 4.90 Å². The van der Waals surface area contributed by atoms with Crippen LogP contribution in [0.4, 0.5) is 5.13 Å². The highest BCUT2D eigenvalue weighted by atomic mass is 35.5. The van der Waals surface area contributed by atoms with Crippen molar-refractivity contribution >= 4 is 44.2 Å². The number of rotatable bonds is 4. The van der Waals surface area contributed by atoms with Crippen LogP contribution in [0.3, 0.4) is 0 Å². The van der Waals surface area contributed by atoms with E-state index in [0.717, 1.165) is 15.8 Å². The lowest BCUT2D eigenvalue weighted by Crippen LogP contribution is -2.30. The SMILES string of the molecule is N#Cc1ccc(C(=O)N(Cc2cccnc2)c2nc3ccc(Cl)cc3s2)cc1. The standard InChI is InChI=1S/C21H13ClN4OS/c22-17-7-8-18-19(10-17)28-21(25-18)26(13-15-2-1-9-24-12-15)20(27)16-5-3-14(11-23)4-6-16/h1-10,12H,13H2. The molecule has 0 aliphatic heterocycles. The Hall–Kier alpha value is -3.27. The number of benzene rings is 2. The number of aromatic nitrogens is 2. The third kappa shape index (κ3) is 3.72. The van der Waals surface area contributed by atoms with Gasteiger partial charge in [-0.25, -0.2) is 4.98 Å². The molecule has 0 fully saturated rings. The van der Waals surface area contributed by atoms with Crippen LogP contribution in [0.1, 0.15) is 21.5 Å².